The number of aliphatic imine (C=N–C) groups is 1. The van der Waals surface area contributed by atoms with Crippen LogP contribution in [0.5, 0.6) is 23.0 Å². The molecule has 0 unspecified atom stereocenters. The normalized spacial score (nSPS) is 15.8. The third kappa shape index (κ3) is 5.86. The maximum absolute atomic E-state index is 12.6. The molecule has 2 aromatic rings. The van der Waals surface area contributed by atoms with Crippen molar-refractivity contribution in [3.8, 4) is 23.0 Å². The second kappa shape index (κ2) is 11.8. The van der Waals surface area contributed by atoms with Gasteiger partial charge in [0.2, 0.25) is 5.17 Å². The molecule has 0 saturated carbocycles. The Morgan fingerprint density at radius 3 is 2.35 bits per heavy atom. The van der Waals surface area contributed by atoms with Crippen LogP contribution in [0.2, 0.25) is 0 Å². The lowest BCUT2D eigenvalue weighted by atomic mass is 10.1. The van der Waals surface area contributed by atoms with Crippen molar-refractivity contribution in [2.75, 3.05) is 27.4 Å². The molecule has 10 heteroatoms. The van der Waals surface area contributed by atoms with E-state index < -0.39 is 5.91 Å². The lowest BCUT2D eigenvalue weighted by Crippen LogP contribution is -2.35. The highest BCUT2D eigenvalue weighted by Crippen LogP contribution is 2.32. The van der Waals surface area contributed by atoms with E-state index in [0.717, 1.165) is 17.0 Å². The number of allylic oxidation sites excluding steroid dienone is 1. The zero-order chi connectivity index (χ0) is 26.4. The van der Waals surface area contributed by atoms with Gasteiger partial charge in [0.15, 0.2) is 28.8 Å². The van der Waals surface area contributed by atoms with Crippen LogP contribution in [0.4, 0.5) is 0 Å². The number of hydrazone groups is 1. The van der Waals surface area contributed by atoms with Gasteiger partial charge in [-0.1, -0.05) is 25.1 Å². The monoisotopic (exact) mass is 520 g/mol. The predicted octanol–water partition coefficient (Wildman–Crippen LogP) is 4.92. The van der Waals surface area contributed by atoms with Gasteiger partial charge in [0.25, 0.3) is 5.91 Å². The first kappa shape index (κ1) is 26.0. The van der Waals surface area contributed by atoms with E-state index in [1.54, 1.807) is 31.4 Å². The molecule has 37 heavy (non-hydrogen) atoms. The first-order valence-electron chi connectivity index (χ1n) is 11.7. The van der Waals surface area contributed by atoms with Crippen LogP contribution >= 0.6 is 11.8 Å². The Bertz CT molecular complexity index is 1320. The van der Waals surface area contributed by atoms with Crippen LogP contribution in [0, 0.1) is 5.41 Å². The number of fused-ring (bicyclic) bond motifs is 1. The van der Waals surface area contributed by atoms with Crippen molar-refractivity contribution in [1.29, 1.82) is 5.41 Å². The van der Waals surface area contributed by atoms with Crippen LogP contribution in [0.15, 0.2) is 64.7 Å². The van der Waals surface area contributed by atoms with Crippen molar-refractivity contribution < 1.29 is 23.7 Å². The highest BCUT2D eigenvalue weighted by atomic mass is 32.2. The quantitative estimate of drug-likeness (QED) is 0.255. The van der Waals surface area contributed by atoms with E-state index in [2.05, 4.69) is 16.7 Å². The van der Waals surface area contributed by atoms with Gasteiger partial charge in [-0.3, -0.25) is 10.2 Å². The Morgan fingerprint density at radius 1 is 1.03 bits per heavy atom. The van der Waals surface area contributed by atoms with Crippen molar-refractivity contribution in [2.24, 2.45) is 10.1 Å². The molecule has 0 aliphatic carbocycles. The van der Waals surface area contributed by atoms with Crippen LogP contribution in [-0.2, 0) is 11.2 Å². The van der Waals surface area contributed by atoms with Gasteiger partial charge in [-0.2, -0.15) is 15.1 Å². The lowest BCUT2D eigenvalue weighted by Gasteiger charge is -2.20. The maximum atomic E-state index is 12.6. The first-order chi connectivity index (χ1) is 18.0. The van der Waals surface area contributed by atoms with Gasteiger partial charge in [0.05, 0.1) is 19.8 Å². The zero-order valence-corrected chi connectivity index (χ0v) is 21.8. The third-order valence-corrected chi connectivity index (χ3v) is 6.56. The average Bonchev–Trinajstić information content (AvgIpc) is 3.33. The summed E-state index contributed by atoms with van der Waals surface area (Å²) >= 11 is 1.31. The number of nitrogens with zero attached hydrogens (tertiary/aromatic N) is 3. The minimum atomic E-state index is -0.472. The van der Waals surface area contributed by atoms with Gasteiger partial charge in [-0.25, -0.2) is 0 Å². The molecule has 2 aliphatic heterocycles. The molecule has 1 N–H and O–H groups in total. The van der Waals surface area contributed by atoms with E-state index in [4.69, 9.17) is 24.4 Å². The standard InChI is InChI=1S/C27H28N4O5S/c1-5-7-17-8-10-20(22(15-17)33-3)35-12-13-36-21-11-9-18(16-23(21)34-4)14-19-25(28)31-27(29-26(19)32)37-24(6-2)30-31/h5,8-11,14-16,28H,1,6-7,12-13H2,2-4H3/b19-14+,28-25?. The van der Waals surface area contributed by atoms with Crippen molar-refractivity contribution in [3.63, 3.8) is 0 Å². The summed E-state index contributed by atoms with van der Waals surface area (Å²) in [4.78, 5) is 16.7. The first-order valence-corrected chi connectivity index (χ1v) is 12.5. The topological polar surface area (TPSA) is 106 Å². The fraction of sp³-hybridized carbons (Fsp3) is 0.259. The molecule has 0 bridgehead atoms. The van der Waals surface area contributed by atoms with Crippen LogP contribution in [-0.4, -0.2) is 54.4 Å². The van der Waals surface area contributed by atoms with E-state index in [-0.39, 0.29) is 18.0 Å². The largest absolute Gasteiger partial charge is 0.493 e. The van der Waals surface area contributed by atoms with Gasteiger partial charge >= 0.3 is 0 Å². The summed E-state index contributed by atoms with van der Waals surface area (Å²) in [7, 11) is 3.14. The molecular weight excluding hydrogens is 492 g/mol. The molecule has 2 aromatic carbocycles. The molecule has 0 fully saturated rings. The van der Waals surface area contributed by atoms with Crippen LogP contribution < -0.4 is 18.9 Å². The van der Waals surface area contributed by atoms with E-state index in [9.17, 15) is 4.79 Å². The molecule has 2 heterocycles. The number of carbonyl (C=O) groups excluding carboxylic acids is 1. The number of hydrogen-bond acceptors (Lipinski definition) is 8. The average molecular weight is 521 g/mol. The predicted molar refractivity (Wildman–Crippen MR) is 146 cm³/mol. The van der Waals surface area contributed by atoms with Gasteiger partial charge in [0, 0.05) is 0 Å². The number of nitrogens with one attached hydrogen (secondary N) is 1. The summed E-state index contributed by atoms with van der Waals surface area (Å²) in [6.45, 7) is 6.30. The molecule has 0 radical (unpaired) electrons. The second-order valence-corrected chi connectivity index (χ2v) is 8.99. The van der Waals surface area contributed by atoms with Gasteiger partial charge < -0.3 is 18.9 Å². The highest BCUT2D eigenvalue weighted by Gasteiger charge is 2.35. The fourth-order valence-electron chi connectivity index (χ4n) is 3.66. The van der Waals surface area contributed by atoms with Gasteiger partial charge in [-0.15, -0.1) is 6.58 Å². The molecule has 0 saturated heterocycles. The smallest absolute Gasteiger partial charge is 0.283 e. The SMILES string of the molecule is C=CCc1ccc(OCCOc2ccc(/C=C3\C(=N)N4N=C(CC)SC4=NC3=O)cc2OC)c(OC)c1. The Balaban J connectivity index is 1.41. The number of methoxy groups -OCH3 is 2. The number of hydrogen-bond donors (Lipinski definition) is 1. The van der Waals surface area contributed by atoms with Crippen LogP contribution in [0.1, 0.15) is 24.5 Å². The molecule has 2 aliphatic rings. The molecule has 9 nitrogen and oxygen atoms in total. The zero-order valence-electron chi connectivity index (χ0n) is 20.9. The van der Waals surface area contributed by atoms with Crippen molar-refractivity contribution >= 4 is 39.8 Å². The lowest BCUT2D eigenvalue weighted by molar-refractivity contribution is -0.114. The molecule has 4 rings (SSSR count). The van der Waals surface area contributed by atoms with Crippen molar-refractivity contribution in [2.45, 2.75) is 19.8 Å². The second-order valence-electron chi connectivity index (χ2n) is 7.95. The Morgan fingerprint density at radius 2 is 1.70 bits per heavy atom. The van der Waals surface area contributed by atoms with E-state index >= 15 is 0 Å². The van der Waals surface area contributed by atoms with E-state index in [1.807, 2.05) is 31.2 Å². The van der Waals surface area contributed by atoms with Crippen molar-refractivity contribution in [1.82, 2.24) is 5.01 Å². The molecule has 192 valence electrons. The Hall–Kier alpha value is -4.05. The summed E-state index contributed by atoms with van der Waals surface area (Å²) in [6.07, 6.45) is 4.90. The number of thioether (sulfide) groups is 1. The Kier molecular flexibility index (Phi) is 8.29. The summed E-state index contributed by atoms with van der Waals surface area (Å²) in [5, 5.41) is 15.4. The highest BCUT2D eigenvalue weighted by molar-refractivity contribution is 8.26. The molecular formula is C27H28N4O5S. The number of rotatable bonds is 11. The number of amidine groups is 2. The minimum Gasteiger partial charge on any atom is -0.493 e. The van der Waals surface area contributed by atoms with Crippen LogP contribution in [0.25, 0.3) is 6.08 Å². The summed E-state index contributed by atoms with van der Waals surface area (Å²) in [6, 6.07) is 11.0. The molecule has 1 amide bonds. The number of ether oxygens (including phenoxy) is 4. The number of carbonyl (C=O) groups is 1. The van der Waals surface area contributed by atoms with E-state index in [0.29, 0.717) is 46.8 Å². The molecule has 0 spiro atoms. The fourth-order valence-corrected chi connectivity index (χ4v) is 4.49. The van der Waals surface area contributed by atoms with Crippen LogP contribution in [0.3, 0.4) is 0 Å². The third-order valence-electron chi connectivity index (χ3n) is 5.50. The minimum absolute atomic E-state index is 0.00431. The van der Waals surface area contributed by atoms with E-state index in [1.165, 1.54) is 23.9 Å². The summed E-state index contributed by atoms with van der Waals surface area (Å²) < 4.78 is 22.6. The Labute approximate surface area is 220 Å². The molecule has 0 atom stereocenters. The molecule has 0 aromatic heterocycles. The summed E-state index contributed by atoms with van der Waals surface area (Å²) in [5.74, 6) is 1.82. The number of amides is 1. The maximum Gasteiger partial charge on any atom is 0.283 e. The van der Waals surface area contributed by atoms with Gasteiger partial charge in [-0.05, 0) is 66.1 Å². The van der Waals surface area contributed by atoms with Crippen molar-refractivity contribution in [3.05, 3.63) is 65.8 Å². The van der Waals surface area contributed by atoms with Gasteiger partial charge in [0.1, 0.15) is 18.3 Å². The summed E-state index contributed by atoms with van der Waals surface area (Å²) in [5.41, 5.74) is 1.91. The number of benzene rings is 2.